The molecule has 3 rings (SSSR count). The zero-order chi connectivity index (χ0) is 13.8. The highest BCUT2D eigenvalue weighted by molar-refractivity contribution is 5.51. The van der Waals surface area contributed by atoms with Gasteiger partial charge in [-0.25, -0.2) is 9.97 Å². The Morgan fingerprint density at radius 1 is 1.20 bits per heavy atom. The summed E-state index contributed by atoms with van der Waals surface area (Å²) in [5.74, 6) is 1.61. The van der Waals surface area contributed by atoms with E-state index in [1.807, 2.05) is 30.6 Å². The van der Waals surface area contributed by atoms with E-state index < -0.39 is 0 Å². The highest BCUT2D eigenvalue weighted by atomic mass is 16.6. The zero-order valence-corrected chi connectivity index (χ0v) is 11.4. The lowest BCUT2D eigenvalue weighted by molar-refractivity contribution is 0.169. The van der Waals surface area contributed by atoms with Crippen LogP contribution in [0, 0.1) is 0 Å². The van der Waals surface area contributed by atoms with Gasteiger partial charge in [0.1, 0.15) is 19.5 Å². The molecule has 0 amide bonds. The number of hydrogen-bond acceptors (Lipinski definition) is 5. The molecule has 1 atom stereocenters. The van der Waals surface area contributed by atoms with E-state index in [2.05, 4.69) is 22.2 Å². The first-order valence-electron chi connectivity index (χ1n) is 6.77. The Balaban J connectivity index is 2.04. The zero-order valence-electron chi connectivity index (χ0n) is 11.4. The number of para-hydroxylation sites is 1. The molecule has 104 valence electrons. The van der Waals surface area contributed by atoms with Crippen LogP contribution < -0.4 is 14.8 Å². The smallest absolute Gasteiger partial charge is 0.166 e. The number of nitrogens with zero attached hydrogens (tertiary/aromatic N) is 2. The molecular formula is C15H17N3O2. The third kappa shape index (κ3) is 2.44. The van der Waals surface area contributed by atoms with Gasteiger partial charge in [0.05, 0.1) is 6.04 Å². The first kappa shape index (κ1) is 12.9. The van der Waals surface area contributed by atoms with Gasteiger partial charge < -0.3 is 14.8 Å². The normalized spacial score (nSPS) is 14.8. The predicted molar refractivity (Wildman–Crippen MR) is 75.0 cm³/mol. The molecule has 20 heavy (non-hydrogen) atoms. The summed E-state index contributed by atoms with van der Waals surface area (Å²) in [7, 11) is 0. The minimum absolute atomic E-state index is 0.00199. The van der Waals surface area contributed by atoms with Gasteiger partial charge in [-0.1, -0.05) is 19.1 Å². The van der Waals surface area contributed by atoms with Crippen LogP contribution in [0.5, 0.6) is 11.5 Å². The number of rotatable bonds is 4. The summed E-state index contributed by atoms with van der Waals surface area (Å²) in [6.45, 7) is 4.08. The fourth-order valence-corrected chi connectivity index (χ4v) is 2.39. The Morgan fingerprint density at radius 3 is 2.80 bits per heavy atom. The van der Waals surface area contributed by atoms with Gasteiger partial charge in [-0.3, -0.25) is 0 Å². The van der Waals surface area contributed by atoms with Crippen LogP contribution in [0.3, 0.4) is 0 Å². The van der Waals surface area contributed by atoms with Crippen molar-refractivity contribution in [1.82, 2.24) is 15.3 Å². The highest BCUT2D eigenvalue weighted by Crippen LogP contribution is 2.38. The van der Waals surface area contributed by atoms with Crippen molar-refractivity contribution in [2.24, 2.45) is 0 Å². The van der Waals surface area contributed by atoms with E-state index in [4.69, 9.17) is 9.47 Å². The summed E-state index contributed by atoms with van der Waals surface area (Å²) in [4.78, 5) is 8.20. The van der Waals surface area contributed by atoms with Gasteiger partial charge >= 0.3 is 0 Å². The molecule has 1 aliphatic heterocycles. The Bertz CT molecular complexity index is 575. The van der Waals surface area contributed by atoms with Crippen LogP contribution in [0.1, 0.15) is 24.1 Å². The maximum Gasteiger partial charge on any atom is 0.166 e. The first-order valence-corrected chi connectivity index (χ1v) is 6.77. The molecule has 0 saturated carbocycles. The third-order valence-electron chi connectivity index (χ3n) is 3.23. The minimum Gasteiger partial charge on any atom is -0.486 e. The van der Waals surface area contributed by atoms with Crippen LogP contribution >= 0.6 is 0 Å². The number of aromatic nitrogens is 2. The summed E-state index contributed by atoms with van der Waals surface area (Å²) in [6, 6.07) is 5.96. The lowest BCUT2D eigenvalue weighted by Gasteiger charge is -2.25. The lowest BCUT2D eigenvalue weighted by Crippen LogP contribution is -2.25. The van der Waals surface area contributed by atoms with Crippen LogP contribution in [0.4, 0.5) is 0 Å². The Labute approximate surface area is 118 Å². The predicted octanol–water partition coefficient (Wildman–Crippen LogP) is 1.95. The molecule has 0 radical (unpaired) electrons. The van der Waals surface area contributed by atoms with Crippen LogP contribution in [0.2, 0.25) is 0 Å². The van der Waals surface area contributed by atoms with Gasteiger partial charge in [-0.05, 0) is 12.6 Å². The average Bonchev–Trinajstić information content (AvgIpc) is 2.53. The molecular weight excluding hydrogens is 254 g/mol. The van der Waals surface area contributed by atoms with Crippen molar-refractivity contribution >= 4 is 0 Å². The molecule has 1 unspecified atom stereocenters. The maximum atomic E-state index is 5.80. The van der Waals surface area contributed by atoms with Crippen molar-refractivity contribution in [3.8, 4) is 11.5 Å². The van der Waals surface area contributed by atoms with E-state index in [1.54, 1.807) is 0 Å². The number of nitrogens with one attached hydrogen (secondary N) is 1. The number of benzene rings is 1. The van der Waals surface area contributed by atoms with E-state index in [-0.39, 0.29) is 6.04 Å². The summed E-state index contributed by atoms with van der Waals surface area (Å²) < 4.78 is 11.4. The Kier molecular flexibility index (Phi) is 3.78. The standard InChI is InChI=1S/C15H17N3O2/c1-2-18-14(11-8-16-10-17-9-11)12-4-3-5-13-15(12)20-7-6-19-13/h3-5,8-10,14,18H,2,6-7H2,1H3. The van der Waals surface area contributed by atoms with Gasteiger partial charge in [0.25, 0.3) is 0 Å². The number of ether oxygens (including phenoxy) is 2. The first-order chi connectivity index (χ1) is 9.90. The molecule has 0 bridgehead atoms. The summed E-state index contributed by atoms with van der Waals surface area (Å²) in [6.07, 6.45) is 5.18. The van der Waals surface area contributed by atoms with Gasteiger partial charge in [0.2, 0.25) is 0 Å². The van der Waals surface area contributed by atoms with E-state index in [0.29, 0.717) is 13.2 Å². The monoisotopic (exact) mass is 271 g/mol. The number of fused-ring (bicyclic) bond motifs is 1. The molecule has 1 aromatic carbocycles. The minimum atomic E-state index is -0.00199. The van der Waals surface area contributed by atoms with Crippen molar-refractivity contribution in [1.29, 1.82) is 0 Å². The molecule has 2 aromatic rings. The topological polar surface area (TPSA) is 56.3 Å². The fraction of sp³-hybridized carbons (Fsp3) is 0.333. The van der Waals surface area contributed by atoms with Gasteiger partial charge in [-0.15, -0.1) is 0 Å². The molecule has 0 fully saturated rings. The average molecular weight is 271 g/mol. The summed E-state index contributed by atoms with van der Waals surface area (Å²) in [5.41, 5.74) is 2.07. The van der Waals surface area contributed by atoms with Crippen molar-refractivity contribution in [3.63, 3.8) is 0 Å². The maximum absolute atomic E-state index is 5.80. The van der Waals surface area contributed by atoms with Crippen molar-refractivity contribution in [2.75, 3.05) is 19.8 Å². The highest BCUT2D eigenvalue weighted by Gasteiger charge is 2.23. The van der Waals surface area contributed by atoms with E-state index in [9.17, 15) is 0 Å². The SMILES string of the molecule is CCNC(c1cncnc1)c1cccc2c1OCCO2. The largest absolute Gasteiger partial charge is 0.486 e. The molecule has 1 aliphatic rings. The van der Waals surface area contributed by atoms with Gasteiger partial charge in [-0.2, -0.15) is 0 Å². The van der Waals surface area contributed by atoms with Crippen LogP contribution in [0.25, 0.3) is 0 Å². The van der Waals surface area contributed by atoms with E-state index >= 15 is 0 Å². The molecule has 0 saturated heterocycles. The van der Waals surface area contributed by atoms with Crippen molar-refractivity contribution in [3.05, 3.63) is 48.0 Å². The molecule has 2 heterocycles. The molecule has 1 aromatic heterocycles. The van der Waals surface area contributed by atoms with Crippen molar-refractivity contribution in [2.45, 2.75) is 13.0 Å². The lowest BCUT2D eigenvalue weighted by atomic mass is 9.99. The quantitative estimate of drug-likeness (QED) is 0.921. The van der Waals surface area contributed by atoms with Crippen LogP contribution in [-0.2, 0) is 0 Å². The summed E-state index contributed by atoms with van der Waals surface area (Å²) in [5, 5.41) is 3.45. The fourth-order valence-electron chi connectivity index (χ4n) is 2.39. The Hall–Kier alpha value is -2.14. The second kappa shape index (κ2) is 5.88. The Morgan fingerprint density at radius 2 is 2.00 bits per heavy atom. The second-order valence-corrected chi connectivity index (χ2v) is 4.53. The molecule has 0 spiro atoms. The van der Waals surface area contributed by atoms with E-state index in [1.165, 1.54) is 6.33 Å². The molecule has 5 nitrogen and oxygen atoms in total. The van der Waals surface area contributed by atoms with Gasteiger partial charge in [0.15, 0.2) is 11.5 Å². The summed E-state index contributed by atoms with van der Waals surface area (Å²) >= 11 is 0. The second-order valence-electron chi connectivity index (χ2n) is 4.53. The number of hydrogen-bond donors (Lipinski definition) is 1. The van der Waals surface area contributed by atoms with Gasteiger partial charge in [0, 0.05) is 23.5 Å². The molecule has 5 heteroatoms. The van der Waals surface area contributed by atoms with E-state index in [0.717, 1.165) is 29.2 Å². The van der Waals surface area contributed by atoms with Crippen LogP contribution in [0.15, 0.2) is 36.9 Å². The van der Waals surface area contributed by atoms with Crippen LogP contribution in [-0.4, -0.2) is 29.7 Å². The molecule has 1 N–H and O–H groups in total. The van der Waals surface area contributed by atoms with Crippen molar-refractivity contribution < 1.29 is 9.47 Å². The molecule has 0 aliphatic carbocycles. The third-order valence-corrected chi connectivity index (χ3v) is 3.23.